The molecule has 0 saturated carbocycles. The lowest BCUT2D eigenvalue weighted by Gasteiger charge is -2.12. The SMILES string of the molecule is CCCNC(=O)C(C)Sc1cc(F)ccc1N. The third-order valence-electron chi connectivity index (χ3n) is 2.20. The van der Waals surface area contributed by atoms with E-state index < -0.39 is 0 Å². The highest BCUT2D eigenvalue weighted by molar-refractivity contribution is 8.00. The van der Waals surface area contributed by atoms with Gasteiger partial charge in [0.05, 0.1) is 5.25 Å². The Morgan fingerprint density at radius 3 is 2.94 bits per heavy atom. The second kappa shape index (κ2) is 6.49. The minimum absolute atomic E-state index is 0.0551. The molecule has 0 aromatic heterocycles. The highest BCUT2D eigenvalue weighted by Crippen LogP contribution is 2.29. The lowest BCUT2D eigenvalue weighted by atomic mass is 10.3. The molecular formula is C12H17FN2OS. The summed E-state index contributed by atoms with van der Waals surface area (Å²) in [7, 11) is 0. The summed E-state index contributed by atoms with van der Waals surface area (Å²) < 4.78 is 13.0. The van der Waals surface area contributed by atoms with E-state index in [4.69, 9.17) is 5.73 Å². The van der Waals surface area contributed by atoms with Gasteiger partial charge in [-0.15, -0.1) is 11.8 Å². The van der Waals surface area contributed by atoms with E-state index in [0.717, 1.165) is 6.42 Å². The monoisotopic (exact) mass is 256 g/mol. The van der Waals surface area contributed by atoms with E-state index in [0.29, 0.717) is 17.1 Å². The molecule has 0 bridgehead atoms. The van der Waals surface area contributed by atoms with Gasteiger partial charge in [0, 0.05) is 17.1 Å². The number of carbonyl (C=O) groups is 1. The van der Waals surface area contributed by atoms with Crippen molar-refractivity contribution >= 4 is 23.4 Å². The first-order valence-corrected chi connectivity index (χ1v) is 6.42. The summed E-state index contributed by atoms with van der Waals surface area (Å²) in [5.74, 6) is -0.400. The highest BCUT2D eigenvalue weighted by atomic mass is 32.2. The molecular weight excluding hydrogens is 239 g/mol. The molecule has 0 spiro atoms. The number of carbonyl (C=O) groups excluding carboxylic acids is 1. The average molecular weight is 256 g/mol. The van der Waals surface area contributed by atoms with Crippen LogP contribution in [0.3, 0.4) is 0 Å². The van der Waals surface area contributed by atoms with Gasteiger partial charge in [-0.05, 0) is 31.5 Å². The standard InChI is InChI=1S/C12H17FN2OS/c1-3-6-15-12(16)8(2)17-11-7-9(13)4-5-10(11)14/h4-5,7-8H,3,6,14H2,1-2H3,(H,15,16). The van der Waals surface area contributed by atoms with Crippen molar-refractivity contribution in [3.8, 4) is 0 Å². The number of halogens is 1. The van der Waals surface area contributed by atoms with Crippen LogP contribution in [0.5, 0.6) is 0 Å². The third-order valence-corrected chi connectivity index (χ3v) is 3.37. The first-order chi connectivity index (χ1) is 8.04. The summed E-state index contributed by atoms with van der Waals surface area (Å²) in [6.07, 6.45) is 0.894. The first kappa shape index (κ1) is 13.8. The molecule has 0 fully saturated rings. The smallest absolute Gasteiger partial charge is 0.233 e. The summed E-state index contributed by atoms with van der Waals surface area (Å²) in [5, 5.41) is 2.51. The van der Waals surface area contributed by atoms with Gasteiger partial charge in [0.1, 0.15) is 5.82 Å². The normalized spacial score (nSPS) is 12.2. The van der Waals surface area contributed by atoms with Gasteiger partial charge in [-0.25, -0.2) is 4.39 Å². The van der Waals surface area contributed by atoms with Crippen LogP contribution in [0.15, 0.2) is 23.1 Å². The highest BCUT2D eigenvalue weighted by Gasteiger charge is 2.15. The number of nitrogens with two attached hydrogens (primary N) is 1. The number of amides is 1. The molecule has 17 heavy (non-hydrogen) atoms. The molecule has 1 aromatic carbocycles. The molecule has 1 rings (SSSR count). The maximum Gasteiger partial charge on any atom is 0.233 e. The van der Waals surface area contributed by atoms with Gasteiger partial charge in [-0.3, -0.25) is 4.79 Å². The Hall–Kier alpha value is -1.23. The van der Waals surface area contributed by atoms with Crippen LogP contribution >= 0.6 is 11.8 Å². The van der Waals surface area contributed by atoms with E-state index in [2.05, 4.69) is 5.32 Å². The quantitative estimate of drug-likeness (QED) is 0.628. The largest absolute Gasteiger partial charge is 0.398 e. The van der Waals surface area contributed by atoms with Gasteiger partial charge in [0.25, 0.3) is 0 Å². The minimum Gasteiger partial charge on any atom is -0.398 e. The number of nitrogens with one attached hydrogen (secondary N) is 1. The average Bonchev–Trinajstić information content (AvgIpc) is 2.30. The summed E-state index contributed by atoms with van der Waals surface area (Å²) in [6, 6.07) is 4.17. The summed E-state index contributed by atoms with van der Waals surface area (Å²) in [4.78, 5) is 12.2. The molecule has 0 radical (unpaired) electrons. The molecule has 0 saturated heterocycles. The molecule has 5 heteroatoms. The summed E-state index contributed by atoms with van der Waals surface area (Å²) in [5.41, 5.74) is 6.21. The van der Waals surface area contributed by atoms with Gasteiger partial charge in [0.2, 0.25) is 5.91 Å². The van der Waals surface area contributed by atoms with Gasteiger partial charge < -0.3 is 11.1 Å². The van der Waals surface area contributed by atoms with E-state index in [1.54, 1.807) is 6.92 Å². The number of hydrogen-bond acceptors (Lipinski definition) is 3. The number of thioether (sulfide) groups is 1. The van der Waals surface area contributed by atoms with Crippen LogP contribution in [0, 0.1) is 5.82 Å². The molecule has 0 aliphatic rings. The van der Waals surface area contributed by atoms with Crippen molar-refractivity contribution in [2.24, 2.45) is 0 Å². The molecule has 0 aliphatic heterocycles. The fourth-order valence-electron chi connectivity index (χ4n) is 1.25. The van der Waals surface area contributed by atoms with Crippen LogP contribution in [-0.2, 0) is 4.79 Å². The minimum atomic E-state index is -0.345. The number of nitrogen functional groups attached to an aromatic ring is 1. The van der Waals surface area contributed by atoms with E-state index in [1.165, 1.54) is 30.0 Å². The zero-order chi connectivity index (χ0) is 12.8. The number of benzene rings is 1. The molecule has 3 N–H and O–H groups in total. The van der Waals surface area contributed by atoms with E-state index >= 15 is 0 Å². The van der Waals surface area contributed by atoms with Crippen LogP contribution in [0.2, 0.25) is 0 Å². The Morgan fingerprint density at radius 1 is 1.59 bits per heavy atom. The van der Waals surface area contributed by atoms with Gasteiger partial charge in [-0.2, -0.15) is 0 Å². The molecule has 1 aromatic rings. The Kier molecular flexibility index (Phi) is 5.28. The van der Waals surface area contributed by atoms with Crippen molar-refractivity contribution in [3.63, 3.8) is 0 Å². The van der Waals surface area contributed by atoms with Crippen LogP contribution < -0.4 is 11.1 Å². The molecule has 1 unspecified atom stereocenters. The van der Waals surface area contributed by atoms with Gasteiger partial charge in [0.15, 0.2) is 0 Å². The van der Waals surface area contributed by atoms with Crippen LogP contribution in [0.1, 0.15) is 20.3 Å². The number of anilines is 1. The molecule has 94 valence electrons. The maximum absolute atomic E-state index is 13.0. The second-order valence-corrected chi connectivity index (χ2v) is 5.12. The molecule has 1 amide bonds. The molecule has 3 nitrogen and oxygen atoms in total. The van der Waals surface area contributed by atoms with Crippen molar-refractivity contribution in [1.82, 2.24) is 5.32 Å². The van der Waals surface area contributed by atoms with E-state index in [-0.39, 0.29) is 17.0 Å². The maximum atomic E-state index is 13.0. The van der Waals surface area contributed by atoms with Crippen molar-refractivity contribution in [3.05, 3.63) is 24.0 Å². The Bertz CT molecular complexity index is 398. The molecule has 0 heterocycles. The second-order valence-electron chi connectivity index (χ2n) is 3.73. The predicted molar refractivity (Wildman–Crippen MR) is 69.4 cm³/mol. The zero-order valence-corrected chi connectivity index (χ0v) is 10.8. The van der Waals surface area contributed by atoms with E-state index in [9.17, 15) is 9.18 Å². The summed E-state index contributed by atoms with van der Waals surface area (Å²) >= 11 is 1.27. The Labute approximate surface area is 105 Å². The summed E-state index contributed by atoms with van der Waals surface area (Å²) in [6.45, 7) is 4.42. The van der Waals surface area contributed by atoms with Crippen molar-refractivity contribution < 1.29 is 9.18 Å². The fourth-order valence-corrected chi connectivity index (χ4v) is 2.20. The van der Waals surface area contributed by atoms with Crippen molar-refractivity contribution in [2.75, 3.05) is 12.3 Å². The number of hydrogen-bond donors (Lipinski definition) is 2. The third kappa shape index (κ3) is 4.26. The van der Waals surface area contributed by atoms with Crippen molar-refractivity contribution in [1.29, 1.82) is 0 Å². The van der Waals surface area contributed by atoms with Crippen molar-refractivity contribution in [2.45, 2.75) is 30.4 Å². The van der Waals surface area contributed by atoms with E-state index in [1.807, 2.05) is 6.92 Å². The Balaban J connectivity index is 2.64. The number of rotatable bonds is 5. The molecule has 0 aliphatic carbocycles. The van der Waals surface area contributed by atoms with Crippen LogP contribution in [-0.4, -0.2) is 17.7 Å². The van der Waals surface area contributed by atoms with Crippen LogP contribution in [0.4, 0.5) is 10.1 Å². The fraction of sp³-hybridized carbons (Fsp3) is 0.417. The van der Waals surface area contributed by atoms with Gasteiger partial charge >= 0.3 is 0 Å². The first-order valence-electron chi connectivity index (χ1n) is 5.54. The van der Waals surface area contributed by atoms with Crippen LogP contribution in [0.25, 0.3) is 0 Å². The molecule has 1 atom stereocenters. The topological polar surface area (TPSA) is 55.1 Å². The van der Waals surface area contributed by atoms with Gasteiger partial charge in [-0.1, -0.05) is 6.92 Å². The zero-order valence-electron chi connectivity index (χ0n) is 10.00. The predicted octanol–water partition coefficient (Wildman–Crippen LogP) is 2.41. The lowest BCUT2D eigenvalue weighted by molar-refractivity contribution is -0.120. The Morgan fingerprint density at radius 2 is 2.29 bits per heavy atom. The lowest BCUT2D eigenvalue weighted by Crippen LogP contribution is -2.31.